The molecule has 2 saturated carbocycles. The van der Waals surface area contributed by atoms with E-state index in [4.69, 9.17) is 5.84 Å². The summed E-state index contributed by atoms with van der Waals surface area (Å²) in [5.41, 5.74) is 6.76. The lowest BCUT2D eigenvalue weighted by molar-refractivity contribution is -0.140. The smallest absolute Gasteiger partial charge is 0.234 e. The number of benzene rings is 1. The van der Waals surface area contributed by atoms with Crippen molar-refractivity contribution in [1.82, 2.24) is 19.8 Å². The molecule has 7 nitrogen and oxygen atoms in total. The van der Waals surface area contributed by atoms with Crippen molar-refractivity contribution in [2.75, 3.05) is 32.0 Å². The van der Waals surface area contributed by atoms with E-state index in [1.165, 1.54) is 29.5 Å². The average molecular weight is 626 g/mol. The Labute approximate surface area is 271 Å². The molecule has 2 amide bonds. The summed E-state index contributed by atoms with van der Waals surface area (Å²) in [5, 5.41) is 4.36. The number of nitrogen functional groups attached to an aromatic ring is 1. The molecule has 1 aromatic carbocycles. The number of nitrogens with zero attached hydrogens (tertiary/aromatic N) is 3. The maximum Gasteiger partial charge on any atom is 0.234 e. The molecule has 0 radical (unpaired) electrons. The molecule has 3 N–H and O–H groups in total. The summed E-state index contributed by atoms with van der Waals surface area (Å²) in [7, 11) is 0. The number of carbonyl (C=O) groups is 2. The van der Waals surface area contributed by atoms with E-state index in [0.717, 1.165) is 51.5 Å². The Morgan fingerprint density at radius 1 is 1.13 bits per heavy atom. The van der Waals surface area contributed by atoms with Crippen LogP contribution < -0.4 is 11.2 Å². The van der Waals surface area contributed by atoms with Crippen LogP contribution in [0.2, 0.25) is 0 Å². The molecule has 7 rings (SSSR count). The molecule has 2 aromatic heterocycles. The second kappa shape index (κ2) is 10.6. The van der Waals surface area contributed by atoms with E-state index < -0.39 is 5.41 Å². The Bertz CT molecular complexity index is 1730. The molecule has 4 heterocycles. The molecule has 2 aliphatic heterocycles. The van der Waals surface area contributed by atoms with Crippen molar-refractivity contribution in [2.45, 2.75) is 84.7 Å². The van der Waals surface area contributed by atoms with E-state index in [9.17, 15) is 9.59 Å². The largest absolute Gasteiger partial charge is 0.355 e. The van der Waals surface area contributed by atoms with Gasteiger partial charge in [0.15, 0.2) is 0 Å². The quantitative estimate of drug-likeness (QED) is 0.213. The predicted molar refractivity (Wildman–Crippen MR) is 184 cm³/mol. The fourth-order valence-corrected chi connectivity index (χ4v) is 9.33. The molecule has 238 valence electrons. The molecule has 4 aliphatic rings. The number of hydrogen-bond acceptors (Lipinski definition) is 5. The van der Waals surface area contributed by atoms with Crippen LogP contribution in [0.5, 0.6) is 0 Å². The molecule has 3 aromatic rings. The lowest BCUT2D eigenvalue weighted by Crippen LogP contribution is -2.54. The van der Waals surface area contributed by atoms with E-state index in [1.54, 1.807) is 11.3 Å². The van der Waals surface area contributed by atoms with Crippen LogP contribution in [0.25, 0.3) is 21.5 Å². The summed E-state index contributed by atoms with van der Waals surface area (Å²) in [4.78, 5) is 33.5. The molecular formula is C37H47N5O2S. The zero-order valence-electron chi connectivity index (χ0n) is 27.7. The highest BCUT2D eigenvalue weighted by atomic mass is 32.1. The lowest BCUT2D eigenvalue weighted by Gasteiger charge is -2.38. The number of aromatic nitrogens is 1. The van der Waals surface area contributed by atoms with Gasteiger partial charge in [-0.05, 0) is 78.1 Å². The Morgan fingerprint density at radius 3 is 2.42 bits per heavy atom. The van der Waals surface area contributed by atoms with E-state index in [-0.39, 0.29) is 23.7 Å². The van der Waals surface area contributed by atoms with Gasteiger partial charge in [-0.25, -0.2) is 0 Å². The Kier molecular flexibility index (Phi) is 7.13. The van der Waals surface area contributed by atoms with Crippen LogP contribution in [0.1, 0.15) is 74.9 Å². The summed E-state index contributed by atoms with van der Waals surface area (Å²) in [6, 6.07) is 9.72. The van der Waals surface area contributed by atoms with Crippen molar-refractivity contribution in [3.63, 3.8) is 0 Å². The summed E-state index contributed by atoms with van der Waals surface area (Å²) >= 11 is 1.64. The number of hydrogen-bond donors (Lipinski definition) is 2. The van der Waals surface area contributed by atoms with Gasteiger partial charge in [-0.3, -0.25) is 19.2 Å². The fraction of sp³-hybridized carbons (Fsp3) is 0.514. The van der Waals surface area contributed by atoms with Gasteiger partial charge in [0.2, 0.25) is 11.8 Å². The predicted octanol–water partition coefficient (Wildman–Crippen LogP) is 6.03. The SMILES string of the molecule is C/C=C\C=C(/C)CN1CC(C(=O)NC[C@@H](C)c2c(-c3cc(C)cc(C)c3)n(N)c3sc(C(C)(C)C(=O)N4C5CC56CC46)cc23)C1. The lowest BCUT2D eigenvalue weighted by atomic mass is 9.87. The number of nitrogens with two attached hydrogens (primary N) is 1. The first-order valence-electron chi connectivity index (χ1n) is 16.5. The van der Waals surface area contributed by atoms with Gasteiger partial charge in [-0.15, -0.1) is 11.3 Å². The number of piperidine rings is 1. The first kappa shape index (κ1) is 30.3. The monoisotopic (exact) mass is 625 g/mol. The Balaban J connectivity index is 1.14. The topological polar surface area (TPSA) is 83.6 Å². The molecule has 45 heavy (non-hydrogen) atoms. The number of rotatable bonds is 10. The van der Waals surface area contributed by atoms with Gasteiger partial charge in [0.25, 0.3) is 0 Å². The molecular weight excluding hydrogens is 579 g/mol. The third-order valence-electron chi connectivity index (χ3n) is 10.9. The highest BCUT2D eigenvalue weighted by Gasteiger charge is 2.85. The van der Waals surface area contributed by atoms with Crippen LogP contribution in [0.4, 0.5) is 0 Å². The first-order valence-corrected chi connectivity index (χ1v) is 17.3. The summed E-state index contributed by atoms with van der Waals surface area (Å²) in [5.74, 6) is 7.35. The molecule has 2 saturated heterocycles. The highest BCUT2D eigenvalue weighted by molar-refractivity contribution is 7.19. The van der Waals surface area contributed by atoms with E-state index in [2.05, 4.69) is 93.1 Å². The van der Waals surface area contributed by atoms with Crippen molar-refractivity contribution in [3.05, 3.63) is 69.6 Å². The minimum Gasteiger partial charge on any atom is -0.355 e. The van der Waals surface area contributed by atoms with Crippen LogP contribution in [0.3, 0.4) is 0 Å². The highest BCUT2D eigenvalue weighted by Crippen LogP contribution is 2.79. The molecule has 3 atom stereocenters. The van der Waals surface area contributed by atoms with Crippen molar-refractivity contribution in [1.29, 1.82) is 0 Å². The molecule has 2 unspecified atom stereocenters. The molecule has 0 bridgehead atoms. The zero-order chi connectivity index (χ0) is 32.0. The number of nitrogens with one attached hydrogen (secondary N) is 1. The van der Waals surface area contributed by atoms with Gasteiger partial charge in [0, 0.05) is 65.4 Å². The zero-order valence-corrected chi connectivity index (χ0v) is 28.6. The summed E-state index contributed by atoms with van der Waals surface area (Å²) < 4.78 is 1.83. The van der Waals surface area contributed by atoms with Crippen LogP contribution >= 0.6 is 11.3 Å². The number of fused-ring (bicyclic) bond motifs is 1. The fourth-order valence-electron chi connectivity index (χ4n) is 8.13. The maximum atomic E-state index is 13.8. The Morgan fingerprint density at radius 2 is 1.80 bits per heavy atom. The number of allylic oxidation sites excluding steroid dienone is 3. The molecule has 4 fully saturated rings. The van der Waals surface area contributed by atoms with Crippen LogP contribution in [-0.4, -0.2) is 64.6 Å². The van der Waals surface area contributed by atoms with Gasteiger partial charge in [0.05, 0.1) is 17.0 Å². The number of amides is 2. The van der Waals surface area contributed by atoms with Crippen LogP contribution in [-0.2, 0) is 15.0 Å². The molecule has 2 aliphatic carbocycles. The second-order valence-electron chi connectivity index (χ2n) is 14.9. The second-order valence-corrected chi connectivity index (χ2v) is 16.0. The van der Waals surface area contributed by atoms with Crippen LogP contribution in [0, 0.1) is 25.2 Å². The first-order chi connectivity index (χ1) is 21.4. The van der Waals surface area contributed by atoms with Crippen LogP contribution in [0.15, 0.2) is 48.1 Å². The number of thiophene rings is 1. The Hall–Kier alpha value is -3.36. The summed E-state index contributed by atoms with van der Waals surface area (Å²) in [6.07, 6.45) is 8.61. The van der Waals surface area contributed by atoms with Gasteiger partial charge in [0.1, 0.15) is 4.83 Å². The van der Waals surface area contributed by atoms with E-state index in [1.807, 2.05) is 17.7 Å². The number of likely N-dealkylation sites (tertiary alicyclic amines) is 2. The van der Waals surface area contributed by atoms with Crippen molar-refractivity contribution in [3.8, 4) is 11.3 Å². The maximum absolute atomic E-state index is 13.8. The van der Waals surface area contributed by atoms with E-state index in [0.29, 0.717) is 24.0 Å². The normalized spacial score (nSPS) is 25.1. The van der Waals surface area contributed by atoms with Gasteiger partial charge >= 0.3 is 0 Å². The van der Waals surface area contributed by atoms with Gasteiger partial charge in [-0.1, -0.05) is 47.9 Å². The minimum absolute atomic E-state index is 0.0162. The van der Waals surface area contributed by atoms with E-state index >= 15 is 0 Å². The van der Waals surface area contributed by atoms with Crippen molar-refractivity contribution < 1.29 is 9.59 Å². The number of carbonyl (C=O) groups excluding carboxylic acids is 2. The standard InChI is InChI=1S/C37H47N5O2S/c1-8-9-10-21(2)18-40-19-26(20-40)33(43)39-17-24(5)31-27-14-30(36(6,7)35(44)41-28-15-37(28)16-29(37)41)45-34(27)42(38)32(31)25-12-22(3)11-23(4)13-25/h8-14,24,26,28-29H,15-20,38H2,1-7H3,(H,39,43)/b9-8-,21-10+/t24-,28?,29?,37?/m1/s1. The van der Waals surface area contributed by atoms with Crippen molar-refractivity contribution in [2.24, 2.45) is 11.3 Å². The summed E-state index contributed by atoms with van der Waals surface area (Å²) in [6.45, 7) is 17.7. The minimum atomic E-state index is -0.619. The van der Waals surface area contributed by atoms with Gasteiger partial charge in [-0.2, -0.15) is 0 Å². The third-order valence-corrected chi connectivity index (χ3v) is 12.3. The molecule has 8 heteroatoms. The average Bonchev–Trinajstić information content (AvgIpc) is 3.62. The molecule has 1 spiro atoms. The van der Waals surface area contributed by atoms with Crippen molar-refractivity contribution >= 4 is 33.4 Å². The van der Waals surface area contributed by atoms with Gasteiger partial charge < -0.3 is 16.1 Å². The third kappa shape index (κ3) is 4.87. The number of aryl methyl sites for hydroxylation is 2.